The van der Waals surface area contributed by atoms with Gasteiger partial charge in [-0.15, -0.1) is 0 Å². The topological polar surface area (TPSA) is 27.7 Å². The fourth-order valence-electron chi connectivity index (χ4n) is 3.27. The van der Waals surface area contributed by atoms with E-state index in [9.17, 15) is 0 Å². The van der Waals surface area contributed by atoms with Crippen LogP contribution in [0.1, 0.15) is 0 Å². The molecule has 0 aliphatic heterocycles. The third-order valence-electron chi connectivity index (χ3n) is 3.70. The average Bonchev–Trinajstić information content (AvgIpc) is 3.03. The lowest BCUT2D eigenvalue weighted by Crippen LogP contribution is -2.71. The highest BCUT2D eigenvalue weighted by Gasteiger charge is 2.51. The van der Waals surface area contributed by atoms with Crippen LogP contribution in [0, 0.1) is 0 Å². The Balaban J connectivity index is -0.000000110. The monoisotopic (exact) mass is 758 g/mol. The van der Waals surface area contributed by atoms with Gasteiger partial charge in [0.1, 0.15) is 0 Å². The smallest absolute Gasteiger partial charge is 0.388 e. The Kier molecular flexibility index (Phi) is 54.2. The molecule has 0 spiro atoms. The summed E-state index contributed by atoms with van der Waals surface area (Å²) < 4.78 is 149. The molecule has 0 amide bonds. The van der Waals surface area contributed by atoms with E-state index in [0.29, 0.717) is 0 Å². The van der Waals surface area contributed by atoms with Gasteiger partial charge in [0.25, 0.3) is 0 Å². The predicted molar refractivity (Wildman–Crippen MR) is 146 cm³/mol. The molecule has 44 heavy (non-hydrogen) atoms. The van der Waals surface area contributed by atoms with Gasteiger partial charge in [0.05, 0.1) is 0 Å². The first kappa shape index (κ1) is 61.1. The van der Waals surface area contributed by atoms with Crippen LogP contribution < -0.4 is 10.4 Å². The molecular weight excluding hydrogens is 724 g/mol. The maximum Gasteiger partial charge on any atom is 0.388 e. The molecule has 0 aliphatic carbocycles. The summed E-state index contributed by atoms with van der Waals surface area (Å²) in [6, 6.07) is 21.0. The molecule has 0 aliphatic rings. The molecule has 0 unspecified atom stereocenters. The molecule has 0 heterocycles. The van der Waals surface area contributed by atoms with Crippen LogP contribution in [-0.2, 0) is 12.3 Å². The Morgan fingerprint density at radius 1 is 0.364 bits per heavy atom. The normalized spacial score (nSPS) is 9.45. The summed E-state index contributed by atoms with van der Waals surface area (Å²) in [6.07, 6.45) is 0. The quantitative estimate of drug-likeness (QED) is 0.198. The molecule has 3 nitrogen and oxygen atoms in total. The summed E-state index contributed by atoms with van der Waals surface area (Å²) in [6.45, 7) is 17.7. The highest BCUT2D eigenvalue weighted by molar-refractivity contribution is 7.02. The maximum atomic E-state index is 8.00. The van der Waals surface area contributed by atoms with E-state index >= 15 is 0 Å². The van der Waals surface area contributed by atoms with Gasteiger partial charge in [0.2, 0.25) is 0 Å². The van der Waals surface area contributed by atoms with E-state index in [1.807, 2.05) is 12.1 Å². The third-order valence-corrected chi connectivity index (χ3v) is 17.0. The lowest BCUT2D eigenvalue weighted by atomic mass is 10.4. The Hall–Kier alpha value is -2.00. The summed E-state index contributed by atoms with van der Waals surface area (Å²) in [7, 11) is -8.96. The van der Waals surface area contributed by atoms with Crippen molar-refractivity contribution >= 4 is 44.1 Å². The first-order chi connectivity index (χ1) is 20.3. The minimum Gasteiger partial charge on any atom is -0.437 e. The molecule has 24 heteroatoms. The van der Waals surface area contributed by atoms with Gasteiger partial charge < -0.3 is 12.3 Å². The lowest BCUT2D eigenvalue weighted by Gasteiger charge is -2.43. The Morgan fingerprint density at radius 2 is 0.591 bits per heavy atom. The second-order valence-electron chi connectivity index (χ2n) is 9.28. The van der Waals surface area contributed by atoms with Gasteiger partial charge in [-0.25, -0.2) is 0 Å². The number of rotatable bonds is 8. The van der Waals surface area contributed by atoms with Crippen LogP contribution in [0.4, 0.5) is 77.9 Å². The van der Waals surface area contributed by atoms with Crippen molar-refractivity contribution in [2.24, 2.45) is 0 Å². The van der Waals surface area contributed by atoms with E-state index in [2.05, 4.69) is 101 Å². The van der Waals surface area contributed by atoms with Crippen LogP contribution in [0.15, 0.2) is 60.7 Å². The number of benzene rings is 2. The van der Waals surface area contributed by atoms with Crippen molar-refractivity contribution in [2.45, 2.75) is 52.4 Å². The van der Waals surface area contributed by atoms with Crippen LogP contribution >= 0.6 is 0 Å². The number of hydrogen-bond acceptors (Lipinski definition) is 3. The summed E-state index contributed by atoms with van der Waals surface area (Å²) in [4.78, 5) is 0. The van der Waals surface area contributed by atoms with Crippen LogP contribution in [0.2, 0.25) is 52.4 Å². The zero-order chi connectivity index (χ0) is 36.3. The average molecular weight is 759 g/mol. The lowest BCUT2D eigenvalue weighted by molar-refractivity contribution is 0.108. The van der Waals surface area contributed by atoms with Crippen LogP contribution in [0.3, 0.4) is 0 Å². The van der Waals surface area contributed by atoms with Crippen LogP contribution in [0.25, 0.3) is 0 Å². The summed E-state index contributed by atoms with van der Waals surface area (Å²) in [5.74, 6) is 0. The van der Waals surface area contributed by atoms with E-state index in [1.54, 1.807) is 0 Å². The van der Waals surface area contributed by atoms with Crippen molar-refractivity contribution < 1.29 is 90.2 Å². The molecule has 0 saturated heterocycles. The summed E-state index contributed by atoms with van der Waals surface area (Å²) in [5, 5.41) is 2.30. The highest BCUT2D eigenvalue weighted by atomic mass is 28.5. The summed E-state index contributed by atoms with van der Waals surface area (Å²) >= 11 is 0. The highest BCUT2D eigenvalue weighted by Crippen LogP contribution is 2.24. The van der Waals surface area contributed by atoms with Crippen molar-refractivity contribution in [1.82, 2.24) is 0 Å². The first-order valence-corrected chi connectivity index (χ1v) is 22.1. The minimum atomic E-state index is -2.90. The Morgan fingerprint density at radius 3 is 0.795 bits per heavy atom. The van der Waals surface area contributed by atoms with Gasteiger partial charge in [-0.05, 0) is 62.7 Å². The fourth-order valence-corrected chi connectivity index (χ4v) is 20.0. The van der Waals surface area contributed by atoms with Crippen LogP contribution in [-0.4, -0.2) is 33.8 Å². The molecule has 0 N–H and O–H groups in total. The minimum absolute atomic E-state index is 0. The first-order valence-electron chi connectivity index (χ1n) is 10.7. The van der Waals surface area contributed by atoms with E-state index in [1.165, 1.54) is 0 Å². The zero-order valence-electron chi connectivity index (χ0n) is 24.5. The van der Waals surface area contributed by atoms with E-state index in [0.717, 1.165) is 10.4 Å². The van der Waals surface area contributed by atoms with E-state index in [4.69, 9.17) is 85.5 Å². The largest absolute Gasteiger partial charge is 0.437 e. The molecule has 0 radical (unpaired) electrons. The molecule has 2 aromatic carbocycles. The van der Waals surface area contributed by atoms with Gasteiger partial charge in [0, 0.05) is 73.2 Å². The van der Waals surface area contributed by atoms with Crippen molar-refractivity contribution in [3.05, 3.63) is 60.7 Å². The van der Waals surface area contributed by atoms with Gasteiger partial charge in [-0.3, -0.25) is 4.70 Å². The van der Waals surface area contributed by atoms with Gasteiger partial charge >= 0.3 is 17.1 Å². The van der Waals surface area contributed by atoms with E-state index < -0.39 is 33.8 Å². The standard InChI is InChI=1S/C20H34O3Si4.8F2.FH/c1-24(2,3)21-26(7,8)23-27(22-25(4,5)6,19-15-11-9-12-16-19)20-17-13-10-14-18-20;8*1-2;/h9-18H,1-8H3;;;;;;;;;1H. The SMILES string of the molecule is C[Si](C)(C)O[Si](C)(C)O[Si](O[Si](C)(C)C)(c1ccccc1)c1ccccc1.F.FF.FF.FF.FF.FF.FF.FF.FF. The number of halogens is 17. The fraction of sp³-hybridized carbons (Fsp3) is 0.400. The zero-order valence-corrected chi connectivity index (χ0v) is 28.5. The molecule has 268 valence electrons. The Bertz CT molecular complexity index is 725. The predicted octanol–water partition coefficient (Wildman–Crippen LogP) is 11.5. The summed E-state index contributed by atoms with van der Waals surface area (Å²) in [5.41, 5.74) is 0. The molecule has 0 saturated carbocycles. The molecule has 0 aromatic heterocycles. The second kappa shape index (κ2) is 39.0. The molecule has 0 fully saturated rings. The maximum absolute atomic E-state index is 8.00. The van der Waals surface area contributed by atoms with Crippen LogP contribution in [0.5, 0.6) is 0 Å². The molecular formula is C20H35F17O3Si4. The van der Waals surface area contributed by atoms with Gasteiger partial charge in [-0.2, -0.15) is 0 Å². The third kappa shape index (κ3) is 31.4. The van der Waals surface area contributed by atoms with Crippen molar-refractivity contribution in [3.63, 3.8) is 0 Å². The second-order valence-corrected chi connectivity index (χ2v) is 25.4. The van der Waals surface area contributed by atoms with Gasteiger partial charge in [0.15, 0.2) is 16.6 Å². The molecule has 2 aromatic rings. The van der Waals surface area contributed by atoms with Crippen molar-refractivity contribution in [3.8, 4) is 0 Å². The van der Waals surface area contributed by atoms with Crippen molar-refractivity contribution in [1.29, 1.82) is 0 Å². The molecule has 0 bridgehead atoms. The van der Waals surface area contributed by atoms with E-state index in [-0.39, 0.29) is 4.70 Å². The number of hydrogen-bond donors (Lipinski definition) is 0. The van der Waals surface area contributed by atoms with Crippen molar-refractivity contribution in [2.75, 3.05) is 0 Å². The van der Waals surface area contributed by atoms with Gasteiger partial charge in [-0.1, -0.05) is 60.7 Å². The molecule has 2 rings (SSSR count). The Labute approximate surface area is 247 Å². The molecule has 0 atom stereocenters.